The van der Waals surface area contributed by atoms with Gasteiger partial charge in [0.2, 0.25) is 15.9 Å². The third kappa shape index (κ3) is 6.04. The van der Waals surface area contributed by atoms with Gasteiger partial charge < -0.3 is 14.4 Å². The summed E-state index contributed by atoms with van der Waals surface area (Å²) in [7, 11) is -3.65. The molecular weight excluding hydrogens is 442 g/mol. The lowest BCUT2D eigenvalue weighted by molar-refractivity contribution is -0.127. The van der Waals surface area contributed by atoms with Gasteiger partial charge in [0.1, 0.15) is 11.5 Å². The Morgan fingerprint density at radius 2 is 1.59 bits per heavy atom. The highest BCUT2D eigenvalue weighted by atomic mass is 32.2. The Hall–Kier alpha value is -2.98. The fourth-order valence-corrected chi connectivity index (χ4v) is 4.63. The minimum absolute atomic E-state index is 0.0355. The number of alkyl halides is 2. The van der Waals surface area contributed by atoms with Crippen LogP contribution in [0.4, 0.5) is 8.78 Å². The van der Waals surface area contributed by atoms with E-state index in [-0.39, 0.29) is 42.7 Å². The third-order valence-corrected chi connectivity index (χ3v) is 6.76. The molecule has 0 saturated carbocycles. The summed E-state index contributed by atoms with van der Waals surface area (Å²) in [5.41, 5.74) is 0.650. The molecule has 0 aromatic heterocycles. The largest absolute Gasteiger partial charge is 0.494 e. The summed E-state index contributed by atoms with van der Waals surface area (Å²) in [5.74, 6) is 0.384. The van der Waals surface area contributed by atoms with E-state index in [1.54, 1.807) is 35.2 Å². The maximum Gasteiger partial charge on any atom is 0.387 e. The number of amides is 1. The van der Waals surface area contributed by atoms with Crippen molar-refractivity contribution < 1.29 is 31.5 Å². The molecule has 0 N–H and O–H groups in total. The molecule has 7 nitrogen and oxygen atoms in total. The SMILES string of the molecule is CCOc1ccc(S(=O)(=O)N2CCN(C(=O)C=Cc3ccc(OC(F)F)cc3)CC2)cc1. The standard InChI is InChI=1S/C22H24F2N2O5S/c1-2-30-18-8-10-20(11-9-18)32(28,29)26-15-13-25(14-16-26)21(27)12-5-17-3-6-19(7-4-17)31-22(23)24/h3-12,22H,2,13-16H2,1H3. The van der Waals surface area contributed by atoms with Crippen molar-refractivity contribution in [1.82, 2.24) is 9.21 Å². The third-order valence-electron chi connectivity index (χ3n) is 4.85. The van der Waals surface area contributed by atoms with Gasteiger partial charge in [-0.2, -0.15) is 13.1 Å². The van der Waals surface area contributed by atoms with Crippen LogP contribution < -0.4 is 9.47 Å². The number of hydrogen-bond acceptors (Lipinski definition) is 5. The molecule has 1 saturated heterocycles. The molecule has 0 spiro atoms. The molecular formula is C22H24F2N2O5S. The zero-order valence-electron chi connectivity index (χ0n) is 17.5. The van der Waals surface area contributed by atoms with Crippen molar-refractivity contribution in [2.24, 2.45) is 0 Å². The molecule has 2 aromatic carbocycles. The van der Waals surface area contributed by atoms with E-state index in [1.807, 2.05) is 6.92 Å². The van der Waals surface area contributed by atoms with Gasteiger partial charge in [0, 0.05) is 32.3 Å². The van der Waals surface area contributed by atoms with E-state index in [0.29, 0.717) is 17.9 Å². The van der Waals surface area contributed by atoms with Gasteiger partial charge in [0.05, 0.1) is 11.5 Å². The van der Waals surface area contributed by atoms with Crippen LogP contribution in [0.2, 0.25) is 0 Å². The van der Waals surface area contributed by atoms with Crippen molar-refractivity contribution in [2.75, 3.05) is 32.8 Å². The van der Waals surface area contributed by atoms with E-state index in [9.17, 15) is 22.0 Å². The Bertz CT molecular complexity index is 1030. The predicted molar refractivity (Wildman–Crippen MR) is 115 cm³/mol. The summed E-state index contributed by atoms with van der Waals surface area (Å²) in [6.45, 7) is 0.358. The number of nitrogens with zero attached hydrogens (tertiary/aromatic N) is 2. The Balaban J connectivity index is 1.55. The van der Waals surface area contributed by atoms with Crippen molar-refractivity contribution >= 4 is 22.0 Å². The summed E-state index contributed by atoms with van der Waals surface area (Å²) in [6.07, 6.45) is 2.94. The number of ether oxygens (including phenoxy) is 2. The van der Waals surface area contributed by atoms with Gasteiger partial charge in [-0.25, -0.2) is 8.42 Å². The molecule has 0 bridgehead atoms. The van der Waals surface area contributed by atoms with Crippen molar-refractivity contribution in [3.8, 4) is 11.5 Å². The van der Waals surface area contributed by atoms with Gasteiger partial charge in [-0.15, -0.1) is 0 Å². The first-order valence-electron chi connectivity index (χ1n) is 10.0. The van der Waals surface area contributed by atoms with Crippen molar-refractivity contribution in [3.63, 3.8) is 0 Å². The molecule has 0 atom stereocenters. The highest BCUT2D eigenvalue weighted by molar-refractivity contribution is 7.89. The molecule has 172 valence electrons. The fraction of sp³-hybridized carbons (Fsp3) is 0.318. The van der Waals surface area contributed by atoms with Crippen LogP contribution in [0.5, 0.6) is 11.5 Å². The molecule has 3 rings (SSSR count). The maximum atomic E-state index is 12.8. The van der Waals surface area contributed by atoms with Crippen molar-refractivity contribution in [2.45, 2.75) is 18.4 Å². The van der Waals surface area contributed by atoms with Gasteiger partial charge in [-0.05, 0) is 55.0 Å². The summed E-state index contributed by atoms with van der Waals surface area (Å²) in [5, 5.41) is 0. The Morgan fingerprint density at radius 3 is 2.16 bits per heavy atom. The molecule has 1 fully saturated rings. The number of benzene rings is 2. The van der Waals surface area contributed by atoms with Crippen LogP contribution >= 0.6 is 0 Å². The van der Waals surface area contributed by atoms with Gasteiger partial charge in [-0.1, -0.05) is 12.1 Å². The molecule has 1 aliphatic heterocycles. The minimum atomic E-state index is -3.65. The van der Waals surface area contributed by atoms with E-state index in [0.717, 1.165) is 0 Å². The zero-order valence-corrected chi connectivity index (χ0v) is 18.3. The maximum absolute atomic E-state index is 12.8. The normalized spacial score (nSPS) is 15.3. The zero-order chi connectivity index (χ0) is 23.1. The molecule has 0 unspecified atom stereocenters. The fourth-order valence-electron chi connectivity index (χ4n) is 3.21. The second-order valence-electron chi connectivity index (χ2n) is 6.91. The Kier molecular flexibility index (Phi) is 7.81. The summed E-state index contributed by atoms with van der Waals surface area (Å²) >= 11 is 0. The lowest BCUT2D eigenvalue weighted by Gasteiger charge is -2.33. The molecule has 32 heavy (non-hydrogen) atoms. The van der Waals surface area contributed by atoms with Gasteiger partial charge in [-0.3, -0.25) is 4.79 Å². The van der Waals surface area contributed by atoms with E-state index < -0.39 is 16.6 Å². The van der Waals surface area contributed by atoms with Crippen LogP contribution in [0.1, 0.15) is 12.5 Å². The first kappa shape index (κ1) is 23.7. The highest BCUT2D eigenvalue weighted by Crippen LogP contribution is 2.21. The summed E-state index contributed by atoms with van der Waals surface area (Å²) < 4.78 is 61.1. The lowest BCUT2D eigenvalue weighted by Crippen LogP contribution is -2.50. The van der Waals surface area contributed by atoms with E-state index in [4.69, 9.17) is 4.74 Å². The number of carbonyl (C=O) groups is 1. The topological polar surface area (TPSA) is 76.2 Å². The molecule has 0 aliphatic carbocycles. The van der Waals surface area contributed by atoms with Gasteiger partial charge in [0.15, 0.2) is 0 Å². The molecule has 10 heteroatoms. The average molecular weight is 467 g/mol. The van der Waals surface area contributed by atoms with Crippen molar-refractivity contribution in [3.05, 3.63) is 60.2 Å². The van der Waals surface area contributed by atoms with Crippen LogP contribution in [0, 0.1) is 0 Å². The molecule has 1 heterocycles. The first-order chi connectivity index (χ1) is 15.3. The monoisotopic (exact) mass is 466 g/mol. The van der Waals surface area contributed by atoms with Gasteiger partial charge >= 0.3 is 6.61 Å². The number of piperazine rings is 1. The number of halogens is 2. The Labute approximate surface area is 185 Å². The first-order valence-corrected chi connectivity index (χ1v) is 11.5. The number of sulfonamides is 1. The quantitative estimate of drug-likeness (QED) is 0.559. The van der Waals surface area contributed by atoms with E-state index >= 15 is 0 Å². The molecule has 1 amide bonds. The smallest absolute Gasteiger partial charge is 0.387 e. The van der Waals surface area contributed by atoms with Gasteiger partial charge in [0.25, 0.3) is 0 Å². The van der Waals surface area contributed by atoms with Crippen LogP contribution in [-0.4, -0.2) is 62.9 Å². The lowest BCUT2D eigenvalue weighted by atomic mass is 10.2. The average Bonchev–Trinajstić information content (AvgIpc) is 2.79. The van der Waals surface area contributed by atoms with Crippen LogP contribution in [-0.2, 0) is 14.8 Å². The number of rotatable bonds is 8. The molecule has 1 aliphatic rings. The van der Waals surface area contributed by atoms with Crippen LogP contribution in [0.25, 0.3) is 6.08 Å². The van der Waals surface area contributed by atoms with Crippen molar-refractivity contribution in [1.29, 1.82) is 0 Å². The minimum Gasteiger partial charge on any atom is -0.494 e. The summed E-state index contributed by atoms with van der Waals surface area (Å²) in [4.78, 5) is 14.2. The number of carbonyl (C=O) groups excluding carboxylic acids is 1. The van der Waals surface area contributed by atoms with E-state index in [1.165, 1.54) is 34.6 Å². The molecule has 0 radical (unpaired) electrons. The van der Waals surface area contributed by atoms with Crippen LogP contribution in [0.3, 0.4) is 0 Å². The van der Waals surface area contributed by atoms with Crippen LogP contribution in [0.15, 0.2) is 59.5 Å². The number of hydrogen-bond donors (Lipinski definition) is 0. The molecule has 2 aromatic rings. The second kappa shape index (κ2) is 10.6. The highest BCUT2D eigenvalue weighted by Gasteiger charge is 2.29. The second-order valence-corrected chi connectivity index (χ2v) is 8.85. The Morgan fingerprint density at radius 1 is 1.00 bits per heavy atom. The predicted octanol–water partition coefficient (Wildman–Crippen LogP) is 3.23. The van der Waals surface area contributed by atoms with E-state index in [2.05, 4.69) is 4.74 Å². The summed E-state index contributed by atoms with van der Waals surface area (Å²) in [6, 6.07) is 12.2.